The van der Waals surface area contributed by atoms with Crippen LogP contribution in [0.3, 0.4) is 0 Å². The summed E-state index contributed by atoms with van der Waals surface area (Å²) >= 11 is 0. The van der Waals surface area contributed by atoms with E-state index in [1.807, 2.05) is 0 Å². The Kier molecular flexibility index (Phi) is 8.06. The molecule has 0 amide bonds. The molecule has 13 heavy (non-hydrogen) atoms. The zero-order valence-corrected chi connectivity index (χ0v) is 7.79. The Balaban J connectivity index is 3.05. The number of rotatable bonds is 7. The van der Waals surface area contributed by atoms with Gasteiger partial charge in [0.05, 0.1) is 0 Å². The fraction of sp³-hybridized carbons (Fsp3) is 0.667. The molecule has 0 aliphatic heterocycles. The molecule has 0 saturated heterocycles. The minimum atomic E-state index is 0.283. The van der Waals surface area contributed by atoms with Crippen LogP contribution >= 0.6 is 0 Å². The van der Waals surface area contributed by atoms with Crippen LogP contribution in [-0.4, -0.2) is 24.1 Å². The summed E-state index contributed by atoms with van der Waals surface area (Å²) in [4.78, 5) is 0. The van der Waals surface area contributed by atoms with Crippen molar-refractivity contribution >= 4 is 5.84 Å². The van der Waals surface area contributed by atoms with Crippen molar-refractivity contribution in [1.29, 1.82) is 0 Å². The van der Waals surface area contributed by atoms with Crippen molar-refractivity contribution in [3.8, 4) is 12.3 Å². The lowest BCUT2D eigenvalue weighted by Crippen LogP contribution is -2.19. The van der Waals surface area contributed by atoms with Crippen molar-refractivity contribution in [1.82, 2.24) is 5.32 Å². The van der Waals surface area contributed by atoms with Gasteiger partial charge in [-0.1, -0.05) is 5.16 Å². The molecule has 0 aliphatic rings. The van der Waals surface area contributed by atoms with Gasteiger partial charge in [-0.2, -0.15) is 0 Å². The number of oxime groups is 1. The standard InChI is InChI=1S/C9H17N3O/c1-2-3-4-7-11-8-5-6-9(10)12-13/h1,11,13H,3-8H2,(H2,10,12). The van der Waals surface area contributed by atoms with Gasteiger partial charge in [-0.05, 0) is 25.9 Å². The molecule has 0 rings (SSSR count). The monoisotopic (exact) mass is 183 g/mol. The molecule has 0 aliphatic carbocycles. The minimum Gasteiger partial charge on any atom is -0.409 e. The van der Waals surface area contributed by atoms with Crippen molar-refractivity contribution in [2.75, 3.05) is 13.1 Å². The lowest BCUT2D eigenvalue weighted by Gasteiger charge is -2.01. The molecule has 0 bridgehead atoms. The maximum atomic E-state index is 8.23. The molecule has 4 N–H and O–H groups in total. The molecule has 0 saturated carbocycles. The van der Waals surface area contributed by atoms with Gasteiger partial charge >= 0.3 is 0 Å². The topological polar surface area (TPSA) is 70.6 Å². The minimum absolute atomic E-state index is 0.283. The summed E-state index contributed by atoms with van der Waals surface area (Å²) in [5.74, 6) is 2.86. The van der Waals surface area contributed by atoms with Gasteiger partial charge in [0.2, 0.25) is 0 Å². The van der Waals surface area contributed by atoms with Gasteiger partial charge in [-0.3, -0.25) is 0 Å². The highest BCUT2D eigenvalue weighted by Crippen LogP contribution is 1.87. The van der Waals surface area contributed by atoms with E-state index < -0.39 is 0 Å². The molecule has 0 heterocycles. The molecular formula is C9H17N3O. The maximum Gasteiger partial charge on any atom is 0.139 e. The first-order valence-electron chi connectivity index (χ1n) is 4.42. The van der Waals surface area contributed by atoms with Gasteiger partial charge in [-0.15, -0.1) is 12.3 Å². The van der Waals surface area contributed by atoms with E-state index in [2.05, 4.69) is 16.4 Å². The Morgan fingerprint density at radius 3 is 2.77 bits per heavy atom. The van der Waals surface area contributed by atoms with Gasteiger partial charge in [-0.25, -0.2) is 0 Å². The van der Waals surface area contributed by atoms with Crippen molar-refractivity contribution in [3.63, 3.8) is 0 Å². The highest BCUT2D eigenvalue weighted by Gasteiger charge is 1.92. The summed E-state index contributed by atoms with van der Waals surface area (Å²) in [6.45, 7) is 1.81. The van der Waals surface area contributed by atoms with Crippen molar-refractivity contribution in [2.24, 2.45) is 10.9 Å². The lowest BCUT2D eigenvalue weighted by atomic mass is 10.3. The number of unbranched alkanes of at least 4 members (excludes halogenated alkanes) is 1. The SMILES string of the molecule is C#CCCCNCCCC(N)=NO. The fourth-order valence-corrected chi connectivity index (χ4v) is 0.885. The smallest absolute Gasteiger partial charge is 0.139 e. The first kappa shape index (κ1) is 11.8. The Bertz CT molecular complexity index is 184. The summed E-state index contributed by atoms with van der Waals surface area (Å²) in [5.41, 5.74) is 5.28. The average Bonchev–Trinajstić information content (AvgIpc) is 2.16. The second-order valence-electron chi connectivity index (χ2n) is 2.75. The number of nitrogens with one attached hydrogen (secondary N) is 1. The Morgan fingerprint density at radius 2 is 2.15 bits per heavy atom. The van der Waals surface area contributed by atoms with Crippen LogP contribution in [0.25, 0.3) is 0 Å². The molecule has 74 valence electrons. The lowest BCUT2D eigenvalue weighted by molar-refractivity contribution is 0.316. The number of nitrogens with two attached hydrogens (primary N) is 1. The molecule has 0 aromatic carbocycles. The Morgan fingerprint density at radius 1 is 1.46 bits per heavy atom. The predicted molar refractivity (Wildman–Crippen MR) is 53.6 cm³/mol. The largest absolute Gasteiger partial charge is 0.409 e. The van der Waals surface area contributed by atoms with Crippen LogP contribution in [0.2, 0.25) is 0 Å². The summed E-state index contributed by atoms with van der Waals surface area (Å²) in [7, 11) is 0. The van der Waals surface area contributed by atoms with Crippen LogP contribution in [0.1, 0.15) is 25.7 Å². The van der Waals surface area contributed by atoms with Gasteiger partial charge in [0.1, 0.15) is 5.84 Å². The molecular weight excluding hydrogens is 166 g/mol. The number of amidine groups is 1. The highest BCUT2D eigenvalue weighted by atomic mass is 16.4. The first-order chi connectivity index (χ1) is 6.31. The van der Waals surface area contributed by atoms with Crippen LogP contribution in [0.5, 0.6) is 0 Å². The van der Waals surface area contributed by atoms with E-state index in [-0.39, 0.29) is 5.84 Å². The van der Waals surface area contributed by atoms with Crippen LogP contribution in [-0.2, 0) is 0 Å². The van der Waals surface area contributed by atoms with E-state index in [0.717, 1.165) is 32.4 Å². The molecule has 0 aromatic rings. The number of hydrogen-bond donors (Lipinski definition) is 3. The Labute approximate surface area is 79.2 Å². The molecule has 0 spiro atoms. The third-order valence-corrected chi connectivity index (χ3v) is 1.59. The van der Waals surface area contributed by atoms with Gasteiger partial charge in [0, 0.05) is 12.8 Å². The normalized spacial score (nSPS) is 11.2. The van der Waals surface area contributed by atoms with Gasteiger partial charge in [0.15, 0.2) is 0 Å². The second kappa shape index (κ2) is 8.88. The quantitative estimate of drug-likeness (QED) is 0.134. The van der Waals surface area contributed by atoms with E-state index in [1.54, 1.807) is 0 Å². The zero-order valence-electron chi connectivity index (χ0n) is 7.79. The third-order valence-electron chi connectivity index (χ3n) is 1.59. The van der Waals surface area contributed by atoms with E-state index in [4.69, 9.17) is 17.4 Å². The first-order valence-corrected chi connectivity index (χ1v) is 4.42. The van der Waals surface area contributed by atoms with E-state index in [0.29, 0.717) is 6.42 Å². The molecule has 0 aromatic heterocycles. The number of hydrogen-bond acceptors (Lipinski definition) is 3. The van der Waals surface area contributed by atoms with E-state index >= 15 is 0 Å². The molecule has 0 radical (unpaired) electrons. The molecule has 4 nitrogen and oxygen atoms in total. The Hall–Kier alpha value is -1.21. The van der Waals surface area contributed by atoms with Gasteiger partial charge < -0.3 is 16.3 Å². The van der Waals surface area contributed by atoms with Gasteiger partial charge in [0.25, 0.3) is 0 Å². The number of terminal acetylenes is 1. The molecule has 4 heteroatoms. The summed E-state index contributed by atoms with van der Waals surface area (Å²) in [6, 6.07) is 0. The van der Waals surface area contributed by atoms with Crippen molar-refractivity contribution in [2.45, 2.75) is 25.7 Å². The average molecular weight is 183 g/mol. The fourth-order valence-electron chi connectivity index (χ4n) is 0.885. The van der Waals surface area contributed by atoms with E-state index in [9.17, 15) is 0 Å². The summed E-state index contributed by atoms with van der Waals surface area (Å²) in [5, 5.41) is 14.3. The molecule has 0 atom stereocenters. The molecule has 0 unspecified atom stereocenters. The highest BCUT2D eigenvalue weighted by molar-refractivity contribution is 5.79. The van der Waals surface area contributed by atoms with Crippen LogP contribution < -0.4 is 11.1 Å². The summed E-state index contributed by atoms with van der Waals surface area (Å²) in [6.07, 6.45) is 8.41. The van der Waals surface area contributed by atoms with Crippen molar-refractivity contribution < 1.29 is 5.21 Å². The second-order valence-corrected chi connectivity index (χ2v) is 2.75. The van der Waals surface area contributed by atoms with Crippen LogP contribution in [0, 0.1) is 12.3 Å². The summed E-state index contributed by atoms with van der Waals surface area (Å²) < 4.78 is 0. The van der Waals surface area contributed by atoms with Crippen molar-refractivity contribution in [3.05, 3.63) is 0 Å². The van der Waals surface area contributed by atoms with E-state index in [1.165, 1.54) is 0 Å². The van der Waals surface area contributed by atoms with Crippen LogP contribution in [0.4, 0.5) is 0 Å². The third kappa shape index (κ3) is 8.70. The maximum absolute atomic E-state index is 8.23. The molecule has 0 fully saturated rings. The van der Waals surface area contributed by atoms with Crippen LogP contribution in [0.15, 0.2) is 5.16 Å². The number of nitrogens with zero attached hydrogens (tertiary/aromatic N) is 1. The predicted octanol–water partition coefficient (Wildman–Crippen LogP) is 0.516. The zero-order chi connectivity index (χ0) is 9.94.